The smallest absolute Gasteiger partial charge is 0.139 e. The Labute approximate surface area is 211 Å². The molecule has 1 aliphatic heterocycles. The highest BCUT2D eigenvalue weighted by Gasteiger charge is 2.15. The molecule has 0 atom stereocenters. The lowest BCUT2D eigenvalue weighted by Gasteiger charge is -2.34. The summed E-state index contributed by atoms with van der Waals surface area (Å²) >= 11 is 0. The van der Waals surface area contributed by atoms with Crippen LogP contribution in [-0.4, -0.2) is 53.2 Å². The van der Waals surface area contributed by atoms with E-state index in [-0.39, 0.29) is 6.61 Å². The van der Waals surface area contributed by atoms with E-state index < -0.39 is 0 Å². The van der Waals surface area contributed by atoms with E-state index in [1.807, 2.05) is 30.3 Å². The third-order valence-electron chi connectivity index (χ3n) is 7.08. The molecule has 1 aliphatic rings. The van der Waals surface area contributed by atoms with Gasteiger partial charge in [0.1, 0.15) is 5.65 Å². The fourth-order valence-electron chi connectivity index (χ4n) is 4.94. The largest absolute Gasteiger partial charge is 0.392 e. The molecule has 0 amide bonds. The first-order valence-electron chi connectivity index (χ1n) is 12.3. The second-order valence-electron chi connectivity index (χ2n) is 9.37. The van der Waals surface area contributed by atoms with Gasteiger partial charge in [-0.05, 0) is 60.1 Å². The van der Waals surface area contributed by atoms with E-state index in [4.69, 9.17) is 0 Å². The molecule has 1 saturated heterocycles. The Morgan fingerprint density at radius 2 is 1.61 bits per heavy atom. The molecule has 6 rings (SSSR count). The summed E-state index contributed by atoms with van der Waals surface area (Å²) in [4.78, 5) is 12.8. The Hall–Kier alpha value is -4.11. The molecule has 2 N–H and O–H groups in total. The maximum absolute atomic E-state index is 9.65. The van der Waals surface area contributed by atoms with Crippen LogP contribution >= 0.6 is 0 Å². The van der Waals surface area contributed by atoms with Crippen molar-refractivity contribution in [2.24, 2.45) is 0 Å². The van der Waals surface area contributed by atoms with E-state index in [0.717, 1.165) is 64.8 Å². The summed E-state index contributed by atoms with van der Waals surface area (Å²) in [5.41, 5.74) is 8.10. The third-order valence-corrected chi connectivity index (χ3v) is 7.08. The molecule has 36 heavy (non-hydrogen) atoms. The van der Waals surface area contributed by atoms with E-state index in [9.17, 15) is 5.11 Å². The van der Waals surface area contributed by atoms with Crippen molar-refractivity contribution in [2.75, 3.05) is 38.1 Å². The predicted molar refractivity (Wildman–Crippen MR) is 147 cm³/mol. The van der Waals surface area contributed by atoms with Gasteiger partial charge in [-0.2, -0.15) is 0 Å². The van der Waals surface area contributed by atoms with Crippen LogP contribution in [-0.2, 0) is 6.61 Å². The molecule has 5 aromatic rings. The molecule has 3 aromatic carbocycles. The number of hydrogen-bond acceptors (Lipinski definition) is 4. The van der Waals surface area contributed by atoms with E-state index in [2.05, 4.69) is 81.1 Å². The fourth-order valence-corrected chi connectivity index (χ4v) is 4.94. The number of likely N-dealkylation sites (N-methyl/N-ethyl adjacent to an activating group) is 1. The maximum Gasteiger partial charge on any atom is 0.139 e. The quantitative estimate of drug-likeness (QED) is 0.362. The molecule has 2 aromatic heterocycles. The number of anilines is 1. The minimum atomic E-state index is -0.0271. The van der Waals surface area contributed by atoms with Crippen molar-refractivity contribution in [3.05, 3.63) is 95.7 Å². The highest BCUT2D eigenvalue weighted by atomic mass is 16.3. The zero-order chi connectivity index (χ0) is 24.5. The van der Waals surface area contributed by atoms with E-state index in [1.165, 1.54) is 16.8 Å². The van der Waals surface area contributed by atoms with E-state index >= 15 is 0 Å². The molecule has 3 heterocycles. The number of aliphatic hydroxyl groups is 1. The van der Waals surface area contributed by atoms with Gasteiger partial charge in [-0.3, -0.25) is 0 Å². The van der Waals surface area contributed by atoms with Gasteiger partial charge >= 0.3 is 0 Å². The molecule has 0 bridgehead atoms. The minimum absolute atomic E-state index is 0.0271. The Kier molecular flexibility index (Phi) is 5.90. The summed E-state index contributed by atoms with van der Waals surface area (Å²) in [6.07, 6.45) is 1.79. The van der Waals surface area contributed by atoms with Crippen LogP contribution in [0.1, 0.15) is 16.7 Å². The van der Waals surface area contributed by atoms with Crippen molar-refractivity contribution in [1.82, 2.24) is 14.9 Å². The number of benzene rings is 3. The Morgan fingerprint density at radius 1 is 0.861 bits per heavy atom. The predicted octanol–water partition coefficient (Wildman–Crippen LogP) is 5.03. The van der Waals surface area contributed by atoms with Crippen LogP contribution in [0, 0.1) is 11.8 Å². The van der Waals surface area contributed by atoms with Gasteiger partial charge in [-0.15, -0.1) is 0 Å². The van der Waals surface area contributed by atoms with Crippen LogP contribution in [0.15, 0.2) is 79.0 Å². The van der Waals surface area contributed by atoms with Gasteiger partial charge in [0.15, 0.2) is 0 Å². The van der Waals surface area contributed by atoms with Crippen molar-refractivity contribution in [3.8, 4) is 23.0 Å². The van der Waals surface area contributed by atoms with Gasteiger partial charge in [0.05, 0.1) is 6.61 Å². The summed E-state index contributed by atoms with van der Waals surface area (Å²) in [6.45, 7) is 4.31. The van der Waals surface area contributed by atoms with Crippen molar-refractivity contribution in [3.63, 3.8) is 0 Å². The van der Waals surface area contributed by atoms with Crippen LogP contribution in [0.2, 0.25) is 0 Å². The lowest BCUT2D eigenvalue weighted by Crippen LogP contribution is -2.44. The Balaban J connectivity index is 1.37. The second-order valence-corrected chi connectivity index (χ2v) is 9.37. The molecular weight excluding hydrogens is 444 g/mol. The number of rotatable bonds is 3. The number of aliphatic hydroxyl groups excluding tert-OH is 1. The Morgan fingerprint density at radius 3 is 2.42 bits per heavy atom. The highest BCUT2D eigenvalue weighted by Crippen LogP contribution is 2.32. The number of hydrogen-bond donors (Lipinski definition) is 2. The molecule has 0 spiro atoms. The topological polar surface area (TPSA) is 55.4 Å². The number of nitrogens with one attached hydrogen (secondary N) is 1. The first-order valence-corrected chi connectivity index (χ1v) is 12.3. The van der Waals surface area contributed by atoms with E-state index in [0.29, 0.717) is 0 Å². The summed E-state index contributed by atoms with van der Waals surface area (Å²) in [5.74, 6) is 6.59. The number of nitrogens with zero attached hydrogens (tertiary/aromatic N) is 3. The van der Waals surface area contributed by atoms with Crippen molar-refractivity contribution in [2.45, 2.75) is 6.61 Å². The lowest BCUT2D eigenvalue weighted by atomic mass is 10.0. The fraction of sp³-hybridized carbons (Fsp3) is 0.194. The van der Waals surface area contributed by atoms with Crippen LogP contribution in [0.25, 0.3) is 33.1 Å². The monoisotopic (exact) mass is 472 g/mol. The van der Waals surface area contributed by atoms with Crippen molar-refractivity contribution in [1.29, 1.82) is 0 Å². The van der Waals surface area contributed by atoms with Crippen LogP contribution in [0.5, 0.6) is 0 Å². The summed E-state index contributed by atoms with van der Waals surface area (Å²) in [6, 6.07) is 25.1. The Bertz CT molecular complexity index is 1600. The van der Waals surface area contributed by atoms with Crippen molar-refractivity contribution >= 4 is 27.6 Å². The van der Waals surface area contributed by atoms with Crippen LogP contribution < -0.4 is 4.90 Å². The molecule has 0 unspecified atom stereocenters. The van der Waals surface area contributed by atoms with E-state index in [1.54, 1.807) is 6.20 Å². The molecule has 5 nitrogen and oxygen atoms in total. The molecule has 0 saturated carbocycles. The molecule has 5 heteroatoms. The molecular formula is C31H28N4O. The van der Waals surface area contributed by atoms with Gasteiger partial charge < -0.3 is 19.9 Å². The number of pyridine rings is 1. The number of H-pyrrole nitrogens is 1. The average Bonchev–Trinajstić information content (AvgIpc) is 3.31. The maximum atomic E-state index is 9.65. The number of fused-ring (bicyclic) bond motifs is 3. The SMILES string of the molecule is CN1CCN(c2ccc(-c3ccc4[nH]c5nccc(C#Cc6ccccc6CO)c5c4c3)cc2)CC1. The summed E-state index contributed by atoms with van der Waals surface area (Å²) in [7, 11) is 2.18. The van der Waals surface area contributed by atoms with Gasteiger partial charge in [0.25, 0.3) is 0 Å². The zero-order valence-electron chi connectivity index (χ0n) is 20.3. The molecule has 1 fully saturated rings. The third kappa shape index (κ3) is 4.22. The molecule has 178 valence electrons. The standard InChI is InChI=1S/C31H28N4O/c1-34-16-18-35(19-17-34)27-11-8-23(9-12-27)25-10-13-29-28(20-25)30-24(14-15-32-31(30)33-29)7-6-22-4-2-3-5-26(22)21-36/h2-5,8-15,20,36H,16-19,21H2,1H3,(H,32,33). The first kappa shape index (κ1) is 22.4. The van der Waals surface area contributed by atoms with Crippen LogP contribution in [0.3, 0.4) is 0 Å². The normalized spacial score (nSPS) is 14.2. The van der Waals surface area contributed by atoms with Gasteiger partial charge in [0, 0.05) is 65.5 Å². The minimum Gasteiger partial charge on any atom is -0.392 e. The molecule has 0 radical (unpaired) electrons. The average molecular weight is 473 g/mol. The van der Waals surface area contributed by atoms with Gasteiger partial charge in [0.2, 0.25) is 0 Å². The van der Waals surface area contributed by atoms with Gasteiger partial charge in [-0.1, -0.05) is 48.2 Å². The van der Waals surface area contributed by atoms with Crippen molar-refractivity contribution < 1.29 is 5.11 Å². The number of aromatic amines is 1. The number of piperazine rings is 1. The van der Waals surface area contributed by atoms with Crippen LogP contribution in [0.4, 0.5) is 5.69 Å². The number of aromatic nitrogens is 2. The zero-order valence-corrected chi connectivity index (χ0v) is 20.3. The molecule has 0 aliphatic carbocycles. The summed E-state index contributed by atoms with van der Waals surface area (Å²) in [5, 5.41) is 11.8. The first-order chi connectivity index (χ1) is 17.7. The summed E-state index contributed by atoms with van der Waals surface area (Å²) < 4.78 is 0. The van der Waals surface area contributed by atoms with Gasteiger partial charge in [-0.25, -0.2) is 4.98 Å². The lowest BCUT2D eigenvalue weighted by molar-refractivity contribution is 0.281. The highest BCUT2D eigenvalue weighted by molar-refractivity contribution is 6.09. The second kappa shape index (κ2) is 9.50.